The third kappa shape index (κ3) is 9.47. The Morgan fingerprint density at radius 1 is 0.783 bits per heavy atom. The molecule has 0 heterocycles. The molecule has 0 saturated heterocycles. The summed E-state index contributed by atoms with van der Waals surface area (Å²) in [5.74, 6) is -0.866. The number of carbonyl (C=O) groups excluding carboxylic acids is 2. The van der Waals surface area contributed by atoms with Gasteiger partial charge >= 0.3 is 20.6 Å². The Bertz CT molecular complexity index is 363. The lowest BCUT2D eigenvalue weighted by molar-refractivity contribution is -0.147. The van der Waals surface area contributed by atoms with Crippen molar-refractivity contribution in [3.8, 4) is 0 Å². The third-order valence-corrected chi connectivity index (χ3v) is 4.03. The van der Waals surface area contributed by atoms with Crippen molar-refractivity contribution in [3.05, 3.63) is 12.2 Å². The lowest BCUT2D eigenvalue weighted by Crippen LogP contribution is -2.21. The molecule has 0 radical (unpaired) electrons. The first-order chi connectivity index (χ1) is 11.2. The largest absolute Gasteiger partial charge is 0.459 e. The van der Waals surface area contributed by atoms with Crippen LogP contribution in [0.1, 0.15) is 64.2 Å². The van der Waals surface area contributed by atoms with E-state index < -0.39 is 20.6 Å². The van der Waals surface area contributed by atoms with Crippen molar-refractivity contribution in [3.63, 3.8) is 0 Å². The van der Waals surface area contributed by atoms with Crippen LogP contribution in [0.3, 0.4) is 0 Å². The number of esters is 2. The van der Waals surface area contributed by atoms with E-state index in [0.717, 1.165) is 51.4 Å². The molecule has 2 fully saturated rings. The number of hydrogen-bond donors (Lipinski definition) is 1. The van der Waals surface area contributed by atoms with Gasteiger partial charge in [-0.3, -0.25) is 0 Å². The summed E-state index contributed by atoms with van der Waals surface area (Å²) in [6.45, 7) is 0. The second kappa shape index (κ2) is 12.2. The second-order valence-electron chi connectivity index (χ2n) is 5.81. The van der Waals surface area contributed by atoms with Crippen LogP contribution in [-0.2, 0) is 23.6 Å². The Balaban J connectivity index is 0.000000816. The van der Waals surface area contributed by atoms with Gasteiger partial charge in [-0.25, -0.2) is 14.2 Å². The van der Waals surface area contributed by atoms with E-state index in [9.17, 15) is 9.59 Å². The Labute approximate surface area is 138 Å². The summed E-state index contributed by atoms with van der Waals surface area (Å²) in [6, 6.07) is 0. The van der Waals surface area contributed by atoms with Gasteiger partial charge in [0.2, 0.25) is 0 Å². The standard InChI is InChI=1S/C16H24O4.HO2P/c17-15(19-13-7-3-1-4-8-13)11-12-16(18)20-14-9-5-2-6-10-14;1-3-2/h11-14H,1-10H2;(H,1,2)/b12-11-;. The lowest BCUT2D eigenvalue weighted by Gasteiger charge is -2.21. The van der Waals surface area contributed by atoms with Gasteiger partial charge in [0.15, 0.2) is 0 Å². The Morgan fingerprint density at radius 3 is 1.39 bits per heavy atom. The van der Waals surface area contributed by atoms with Crippen molar-refractivity contribution in [2.24, 2.45) is 0 Å². The Morgan fingerprint density at radius 2 is 1.09 bits per heavy atom. The summed E-state index contributed by atoms with van der Waals surface area (Å²) >= 11 is 0. The first-order valence-corrected chi connectivity index (χ1v) is 8.98. The quantitative estimate of drug-likeness (QED) is 0.477. The van der Waals surface area contributed by atoms with E-state index in [4.69, 9.17) is 18.9 Å². The van der Waals surface area contributed by atoms with Gasteiger partial charge in [-0.15, -0.1) is 0 Å². The maximum absolute atomic E-state index is 11.6. The highest BCUT2D eigenvalue weighted by Crippen LogP contribution is 2.21. The molecule has 2 saturated carbocycles. The number of rotatable bonds is 4. The highest BCUT2D eigenvalue weighted by molar-refractivity contribution is 7.16. The van der Waals surface area contributed by atoms with Crippen LogP contribution < -0.4 is 0 Å². The number of hydrogen-bond acceptors (Lipinski definition) is 5. The molecule has 7 heteroatoms. The lowest BCUT2D eigenvalue weighted by atomic mass is 9.98. The predicted molar refractivity (Wildman–Crippen MR) is 84.9 cm³/mol. The number of ether oxygens (including phenoxy) is 2. The molecule has 0 aliphatic heterocycles. The molecule has 6 nitrogen and oxygen atoms in total. The summed E-state index contributed by atoms with van der Waals surface area (Å²) in [4.78, 5) is 30.2. The van der Waals surface area contributed by atoms with Gasteiger partial charge in [-0.2, -0.15) is 0 Å². The minimum atomic E-state index is -0.833. The molecule has 2 rings (SSSR count). The summed E-state index contributed by atoms with van der Waals surface area (Å²) in [5, 5.41) is 0. The second-order valence-corrected chi connectivity index (χ2v) is 5.97. The van der Waals surface area contributed by atoms with Crippen LogP contribution in [0.5, 0.6) is 0 Å². The Hall–Kier alpha value is -1.26. The fraction of sp³-hybridized carbons (Fsp3) is 0.750. The molecule has 2 aliphatic carbocycles. The van der Waals surface area contributed by atoms with E-state index in [2.05, 4.69) is 0 Å². The van der Waals surface area contributed by atoms with Crippen LogP contribution in [0.2, 0.25) is 0 Å². The van der Waals surface area contributed by atoms with Crippen molar-refractivity contribution in [2.45, 2.75) is 76.4 Å². The summed E-state index contributed by atoms with van der Waals surface area (Å²) in [5.41, 5.74) is 0. The molecule has 1 N–H and O–H groups in total. The smallest absolute Gasteiger partial charge is 0.331 e. The first-order valence-electron chi connectivity index (χ1n) is 8.21. The van der Waals surface area contributed by atoms with Gasteiger partial charge in [-0.05, 0) is 51.4 Å². The van der Waals surface area contributed by atoms with Crippen LogP contribution >= 0.6 is 8.69 Å². The molecule has 0 unspecified atom stereocenters. The van der Waals surface area contributed by atoms with Gasteiger partial charge in [0, 0.05) is 12.2 Å². The highest BCUT2D eigenvalue weighted by atomic mass is 31.1. The topological polar surface area (TPSA) is 89.9 Å². The molecule has 23 heavy (non-hydrogen) atoms. The van der Waals surface area contributed by atoms with Gasteiger partial charge in [0.25, 0.3) is 0 Å². The average molecular weight is 344 g/mol. The van der Waals surface area contributed by atoms with Crippen LogP contribution in [0.4, 0.5) is 0 Å². The van der Waals surface area contributed by atoms with Crippen LogP contribution in [0.25, 0.3) is 0 Å². The molecule has 0 aromatic carbocycles. The molecule has 0 bridgehead atoms. The van der Waals surface area contributed by atoms with Crippen molar-refractivity contribution in [1.82, 2.24) is 0 Å². The fourth-order valence-electron chi connectivity index (χ4n) is 2.91. The molecule has 2 aliphatic rings. The molecule has 0 atom stereocenters. The first kappa shape index (κ1) is 19.8. The molecule has 0 aromatic heterocycles. The summed E-state index contributed by atoms with van der Waals surface area (Å²) in [6.07, 6.45) is 13.1. The monoisotopic (exact) mass is 344 g/mol. The molecule has 0 amide bonds. The zero-order chi connectivity index (χ0) is 16.9. The maximum atomic E-state index is 11.6. The Kier molecular flexibility index (Phi) is 10.5. The van der Waals surface area contributed by atoms with Gasteiger partial charge in [-0.1, -0.05) is 12.8 Å². The van der Waals surface area contributed by atoms with Gasteiger partial charge in [0.1, 0.15) is 12.2 Å². The fourth-order valence-corrected chi connectivity index (χ4v) is 2.91. The average Bonchev–Trinajstić information content (AvgIpc) is 2.56. The summed E-state index contributed by atoms with van der Waals surface area (Å²) in [7, 11) is -0.833. The van der Waals surface area contributed by atoms with E-state index in [1.54, 1.807) is 0 Å². The van der Waals surface area contributed by atoms with E-state index >= 15 is 0 Å². The summed E-state index contributed by atoms with van der Waals surface area (Å²) < 4.78 is 19.1. The van der Waals surface area contributed by atoms with E-state index in [0.29, 0.717) is 0 Å². The van der Waals surface area contributed by atoms with Gasteiger partial charge < -0.3 is 14.4 Å². The number of carbonyl (C=O) groups is 2. The van der Waals surface area contributed by atoms with Crippen LogP contribution in [0.15, 0.2) is 12.2 Å². The van der Waals surface area contributed by atoms with E-state index in [1.807, 2.05) is 0 Å². The van der Waals surface area contributed by atoms with Crippen molar-refractivity contribution in [2.75, 3.05) is 0 Å². The van der Waals surface area contributed by atoms with Crippen molar-refractivity contribution < 1.29 is 28.5 Å². The molecule has 0 aromatic rings. The zero-order valence-electron chi connectivity index (χ0n) is 13.3. The highest BCUT2D eigenvalue weighted by Gasteiger charge is 2.18. The van der Waals surface area contributed by atoms with Crippen molar-refractivity contribution in [1.29, 1.82) is 0 Å². The molecule has 0 spiro atoms. The molecule has 130 valence electrons. The predicted octanol–water partition coefficient (Wildman–Crippen LogP) is 3.48. The van der Waals surface area contributed by atoms with Crippen LogP contribution in [-0.4, -0.2) is 29.0 Å². The molecular formula is C16H25O6P. The SMILES string of the molecule is O=C(/C=C\C(=O)OC1CCCCC1)OC1CCCCC1.O=PO. The van der Waals surface area contributed by atoms with E-state index in [1.165, 1.54) is 25.0 Å². The van der Waals surface area contributed by atoms with Crippen LogP contribution in [0, 0.1) is 0 Å². The minimum Gasteiger partial charge on any atom is -0.459 e. The maximum Gasteiger partial charge on any atom is 0.331 e. The third-order valence-electron chi connectivity index (χ3n) is 4.03. The minimum absolute atomic E-state index is 0.0234. The van der Waals surface area contributed by atoms with E-state index in [-0.39, 0.29) is 12.2 Å². The normalized spacial score (nSPS) is 19.9. The zero-order valence-corrected chi connectivity index (χ0v) is 14.2. The van der Waals surface area contributed by atoms with Crippen molar-refractivity contribution >= 4 is 20.6 Å². The van der Waals surface area contributed by atoms with Gasteiger partial charge in [0.05, 0.1) is 0 Å². The molecular weight excluding hydrogens is 319 g/mol.